The van der Waals surface area contributed by atoms with Crippen LogP contribution in [-0.2, 0) is 14.3 Å². The van der Waals surface area contributed by atoms with Crippen molar-refractivity contribution in [1.82, 2.24) is 4.90 Å². The maximum atomic E-state index is 13.3. The quantitative estimate of drug-likeness (QED) is 0.503. The lowest BCUT2D eigenvalue weighted by atomic mass is 9.97. The Morgan fingerprint density at radius 3 is 2.53 bits per heavy atom. The molecule has 0 bridgehead atoms. The Morgan fingerprint density at radius 2 is 1.83 bits per heavy atom. The molecule has 0 atom stereocenters. The number of benzene rings is 2. The Hall–Kier alpha value is -3.12. The topological polar surface area (TPSA) is 67.9 Å². The Balaban J connectivity index is 2.02. The van der Waals surface area contributed by atoms with Gasteiger partial charge in [-0.3, -0.25) is 14.5 Å². The van der Waals surface area contributed by atoms with Crippen molar-refractivity contribution in [3.05, 3.63) is 64.9 Å². The molecule has 0 saturated heterocycles. The molecule has 1 aliphatic rings. The number of amides is 2. The number of anilines is 1. The number of nitrogens with one attached hydrogen (secondary N) is 1. The van der Waals surface area contributed by atoms with Crippen LogP contribution < -0.4 is 10.1 Å². The zero-order chi connectivity index (χ0) is 21.7. The molecule has 30 heavy (non-hydrogen) atoms. The number of imide groups is 1. The minimum atomic E-state index is -0.326. The molecule has 1 heterocycles. The molecule has 0 fully saturated rings. The molecule has 158 valence electrons. The van der Waals surface area contributed by atoms with E-state index in [1.165, 1.54) is 4.90 Å². The van der Waals surface area contributed by atoms with Crippen molar-refractivity contribution in [2.75, 3.05) is 32.2 Å². The summed E-state index contributed by atoms with van der Waals surface area (Å²) in [6.07, 6.45) is 0.585. The molecule has 1 N–H and O–H groups in total. The summed E-state index contributed by atoms with van der Waals surface area (Å²) >= 11 is 0. The fourth-order valence-corrected chi connectivity index (χ4v) is 3.58. The second kappa shape index (κ2) is 9.59. The normalized spacial score (nSPS) is 13.9. The van der Waals surface area contributed by atoms with E-state index in [2.05, 4.69) is 5.32 Å². The van der Waals surface area contributed by atoms with E-state index in [0.717, 1.165) is 16.7 Å². The van der Waals surface area contributed by atoms with Crippen molar-refractivity contribution in [1.29, 1.82) is 0 Å². The molecule has 2 aromatic carbocycles. The summed E-state index contributed by atoms with van der Waals surface area (Å²) < 4.78 is 10.6. The lowest BCUT2D eigenvalue weighted by Gasteiger charge is -2.15. The van der Waals surface area contributed by atoms with E-state index in [4.69, 9.17) is 9.47 Å². The SMILES string of the molecule is CCOc1cccc(NC2=C(c3ccc(C)cc3C)C(=O)N(CCCOC)C2=O)c1. The van der Waals surface area contributed by atoms with E-state index in [0.29, 0.717) is 43.2 Å². The van der Waals surface area contributed by atoms with Gasteiger partial charge in [-0.2, -0.15) is 0 Å². The summed E-state index contributed by atoms with van der Waals surface area (Å²) in [6.45, 7) is 7.21. The number of nitrogens with zero attached hydrogens (tertiary/aromatic N) is 1. The Morgan fingerprint density at radius 1 is 1.03 bits per heavy atom. The number of carbonyl (C=O) groups excluding carboxylic acids is 2. The first kappa shape index (κ1) is 21.6. The highest BCUT2D eigenvalue weighted by Crippen LogP contribution is 2.33. The molecule has 2 aromatic rings. The van der Waals surface area contributed by atoms with Crippen molar-refractivity contribution in [2.45, 2.75) is 27.2 Å². The number of hydrogen-bond donors (Lipinski definition) is 1. The van der Waals surface area contributed by atoms with E-state index in [1.807, 2.05) is 63.2 Å². The lowest BCUT2D eigenvalue weighted by Crippen LogP contribution is -2.34. The minimum absolute atomic E-state index is 0.286. The zero-order valence-corrected chi connectivity index (χ0v) is 18.0. The molecule has 6 heteroatoms. The van der Waals surface area contributed by atoms with Gasteiger partial charge in [0, 0.05) is 32.0 Å². The summed E-state index contributed by atoms with van der Waals surface area (Å²) in [4.78, 5) is 27.8. The summed E-state index contributed by atoms with van der Waals surface area (Å²) in [5.41, 5.74) is 4.20. The fraction of sp³-hybridized carbons (Fsp3) is 0.333. The van der Waals surface area contributed by atoms with Crippen LogP contribution >= 0.6 is 0 Å². The van der Waals surface area contributed by atoms with Gasteiger partial charge in [-0.25, -0.2) is 0 Å². The van der Waals surface area contributed by atoms with Crippen molar-refractivity contribution in [3.63, 3.8) is 0 Å². The van der Waals surface area contributed by atoms with E-state index < -0.39 is 0 Å². The van der Waals surface area contributed by atoms with Gasteiger partial charge in [0.25, 0.3) is 11.8 Å². The van der Waals surface area contributed by atoms with Crippen LogP contribution in [0, 0.1) is 13.8 Å². The molecule has 0 unspecified atom stereocenters. The van der Waals surface area contributed by atoms with E-state index in [1.54, 1.807) is 7.11 Å². The van der Waals surface area contributed by atoms with E-state index in [-0.39, 0.29) is 17.5 Å². The van der Waals surface area contributed by atoms with Crippen LogP contribution in [0.1, 0.15) is 30.0 Å². The van der Waals surface area contributed by atoms with Crippen LogP contribution in [0.15, 0.2) is 48.2 Å². The van der Waals surface area contributed by atoms with Crippen LogP contribution in [-0.4, -0.2) is 43.6 Å². The highest BCUT2D eigenvalue weighted by atomic mass is 16.5. The third kappa shape index (κ3) is 4.54. The van der Waals surface area contributed by atoms with Gasteiger partial charge in [-0.15, -0.1) is 0 Å². The summed E-state index contributed by atoms with van der Waals surface area (Å²) in [6, 6.07) is 13.2. The Labute approximate surface area is 177 Å². The minimum Gasteiger partial charge on any atom is -0.494 e. The molecule has 0 aliphatic carbocycles. The summed E-state index contributed by atoms with van der Waals surface area (Å²) in [5, 5.41) is 3.19. The molecule has 3 rings (SSSR count). The fourth-order valence-electron chi connectivity index (χ4n) is 3.58. The maximum absolute atomic E-state index is 13.3. The first-order valence-electron chi connectivity index (χ1n) is 10.1. The number of carbonyl (C=O) groups is 2. The molecule has 2 amide bonds. The molecule has 0 radical (unpaired) electrons. The second-order valence-corrected chi connectivity index (χ2v) is 7.26. The zero-order valence-electron chi connectivity index (χ0n) is 18.0. The van der Waals surface area contributed by atoms with E-state index in [9.17, 15) is 9.59 Å². The Bertz CT molecular complexity index is 981. The van der Waals surface area contributed by atoms with Crippen LogP contribution in [0.5, 0.6) is 5.75 Å². The highest BCUT2D eigenvalue weighted by Gasteiger charge is 2.39. The van der Waals surface area contributed by atoms with Gasteiger partial charge in [-0.05, 0) is 50.5 Å². The van der Waals surface area contributed by atoms with Gasteiger partial charge in [0.2, 0.25) is 0 Å². The van der Waals surface area contributed by atoms with E-state index >= 15 is 0 Å². The average Bonchev–Trinajstić information content (AvgIpc) is 2.93. The smallest absolute Gasteiger partial charge is 0.278 e. The molecule has 6 nitrogen and oxygen atoms in total. The maximum Gasteiger partial charge on any atom is 0.278 e. The lowest BCUT2D eigenvalue weighted by molar-refractivity contribution is -0.137. The predicted molar refractivity (Wildman–Crippen MR) is 117 cm³/mol. The van der Waals surface area contributed by atoms with Crippen LogP contribution in [0.2, 0.25) is 0 Å². The third-order valence-electron chi connectivity index (χ3n) is 4.96. The van der Waals surface area contributed by atoms with Gasteiger partial charge in [-0.1, -0.05) is 29.8 Å². The van der Waals surface area contributed by atoms with Gasteiger partial charge >= 0.3 is 0 Å². The Kier molecular flexibility index (Phi) is 6.90. The standard InChI is InChI=1S/C24H28N2O4/c1-5-30-19-9-6-8-18(15-19)25-22-21(20-11-10-16(2)14-17(20)3)23(27)26(24(22)28)12-7-13-29-4/h6,8-11,14-15,25H,5,7,12-13H2,1-4H3. The van der Waals surface area contributed by atoms with Gasteiger partial charge in [0.05, 0.1) is 12.2 Å². The number of methoxy groups -OCH3 is 1. The molecule has 0 saturated carbocycles. The molecule has 1 aliphatic heterocycles. The number of rotatable bonds is 9. The monoisotopic (exact) mass is 408 g/mol. The second-order valence-electron chi connectivity index (χ2n) is 7.26. The largest absolute Gasteiger partial charge is 0.494 e. The average molecular weight is 408 g/mol. The van der Waals surface area contributed by atoms with Gasteiger partial charge in [0.1, 0.15) is 11.4 Å². The molecule has 0 aromatic heterocycles. The first-order chi connectivity index (χ1) is 14.5. The first-order valence-corrected chi connectivity index (χ1v) is 10.1. The number of ether oxygens (including phenoxy) is 2. The third-order valence-corrected chi connectivity index (χ3v) is 4.96. The predicted octanol–water partition coefficient (Wildman–Crippen LogP) is 3.93. The molecular weight excluding hydrogens is 380 g/mol. The highest BCUT2D eigenvalue weighted by molar-refractivity contribution is 6.36. The van der Waals surface area contributed by atoms with Crippen molar-refractivity contribution in [2.24, 2.45) is 0 Å². The van der Waals surface area contributed by atoms with Crippen molar-refractivity contribution in [3.8, 4) is 5.75 Å². The summed E-state index contributed by atoms with van der Waals surface area (Å²) in [7, 11) is 1.60. The van der Waals surface area contributed by atoms with Crippen molar-refractivity contribution >= 4 is 23.1 Å². The number of hydrogen-bond acceptors (Lipinski definition) is 5. The van der Waals surface area contributed by atoms with Crippen LogP contribution in [0.25, 0.3) is 5.57 Å². The van der Waals surface area contributed by atoms with Crippen LogP contribution in [0.3, 0.4) is 0 Å². The number of aryl methyl sites for hydroxylation is 2. The van der Waals surface area contributed by atoms with Gasteiger partial charge in [0.15, 0.2) is 0 Å². The van der Waals surface area contributed by atoms with Crippen LogP contribution in [0.4, 0.5) is 5.69 Å². The van der Waals surface area contributed by atoms with Crippen molar-refractivity contribution < 1.29 is 19.1 Å². The molecule has 0 spiro atoms. The van der Waals surface area contributed by atoms with Gasteiger partial charge < -0.3 is 14.8 Å². The molecular formula is C24H28N2O4. The summed E-state index contributed by atoms with van der Waals surface area (Å²) in [5.74, 6) is 0.0873.